The van der Waals surface area contributed by atoms with E-state index < -0.39 is 0 Å². The van der Waals surface area contributed by atoms with Crippen molar-refractivity contribution < 1.29 is 19.0 Å². The first-order valence-electron chi connectivity index (χ1n) is 13.3. The molecule has 196 valence electrons. The van der Waals surface area contributed by atoms with Crippen LogP contribution in [0.25, 0.3) is 5.65 Å². The molecular formula is C30H32N4O4. The van der Waals surface area contributed by atoms with E-state index in [1.807, 2.05) is 77.5 Å². The van der Waals surface area contributed by atoms with Crippen molar-refractivity contribution in [2.45, 2.75) is 31.8 Å². The number of ether oxygens (including phenoxy) is 3. The average Bonchev–Trinajstić information content (AvgIpc) is 3.72. The van der Waals surface area contributed by atoms with Gasteiger partial charge in [0.15, 0.2) is 22.9 Å². The molecule has 1 N–H and O–H groups in total. The molecule has 2 aliphatic rings. The third-order valence-electron chi connectivity index (χ3n) is 7.26. The number of benzene rings is 2. The second-order valence-electron chi connectivity index (χ2n) is 9.79. The van der Waals surface area contributed by atoms with Crippen LogP contribution in [0.4, 0.5) is 0 Å². The molecule has 1 saturated heterocycles. The lowest BCUT2D eigenvalue weighted by atomic mass is 9.92. The first kappa shape index (κ1) is 24.3. The third-order valence-corrected chi connectivity index (χ3v) is 7.26. The summed E-state index contributed by atoms with van der Waals surface area (Å²) in [5.41, 5.74) is 3.70. The van der Waals surface area contributed by atoms with E-state index in [0.29, 0.717) is 31.1 Å². The van der Waals surface area contributed by atoms with Crippen molar-refractivity contribution in [2.75, 3.05) is 33.0 Å². The molecule has 8 nitrogen and oxygen atoms in total. The Bertz CT molecular complexity index is 1400. The fourth-order valence-corrected chi connectivity index (χ4v) is 5.25. The summed E-state index contributed by atoms with van der Waals surface area (Å²) in [5, 5.41) is 3.13. The number of carbonyl (C=O) groups excluding carboxylic acids is 1. The molecule has 1 unspecified atom stereocenters. The quantitative estimate of drug-likeness (QED) is 0.340. The molecule has 2 aromatic heterocycles. The average molecular weight is 513 g/mol. The maximum atomic E-state index is 13.2. The topological polar surface area (TPSA) is 77.3 Å². The number of rotatable bonds is 10. The zero-order valence-corrected chi connectivity index (χ0v) is 21.3. The smallest absolute Gasteiger partial charge is 0.231 e. The zero-order valence-electron chi connectivity index (χ0n) is 21.3. The Labute approximate surface area is 222 Å². The Morgan fingerprint density at radius 2 is 1.87 bits per heavy atom. The van der Waals surface area contributed by atoms with Crippen LogP contribution in [0.1, 0.15) is 42.0 Å². The predicted octanol–water partition coefficient (Wildman–Crippen LogP) is 4.38. The number of amides is 1. The highest BCUT2D eigenvalue weighted by Crippen LogP contribution is 2.38. The van der Waals surface area contributed by atoms with Gasteiger partial charge in [-0.15, -0.1) is 0 Å². The lowest BCUT2D eigenvalue weighted by Crippen LogP contribution is -2.34. The van der Waals surface area contributed by atoms with Crippen LogP contribution in [0, 0.1) is 0 Å². The van der Waals surface area contributed by atoms with Crippen LogP contribution in [0.15, 0.2) is 73.1 Å². The van der Waals surface area contributed by atoms with E-state index in [9.17, 15) is 4.79 Å². The van der Waals surface area contributed by atoms with Crippen LogP contribution in [0.3, 0.4) is 0 Å². The van der Waals surface area contributed by atoms with Crippen molar-refractivity contribution in [2.24, 2.45) is 0 Å². The van der Waals surface area contributed by atoms with E-state index in [1.165, 1.54) is 12.8 Å². The van der Waals surface area contributed by atoms with E-state index in [2.05, 4.69) is 10.2 Å². The SMILES string of the molecule is O=C(CC(c1ccc2c(c1)OCO2)c1cnc2c(OCc3ccccc3)cccn12)NCCN1CCCC1. The van der Waals surface area contributed by atoms with Gasteiger partial charge in [0, 0.05) is 37.8 Å². The van der Waals surface area contributed by atoms with E-state index in [4.69, 9.17) is 19.2 Å². The Hall–Kier alpha value is -4.04. The lowest BCUT2D eigenvalue weighted by molar-refractivity contribution is -0.121. The summed E-state index contributed by atoms with van der Waals surface area (Å²) in [6, 6.07) is 19.8. The summed E-state index contributed by atoms with van der Waals surface area (Å²) in [5.74, 6) is 1.90. The minimum atomic E-state index is -0.226. The highest BCUT2D eigenvalue weighted by atomic mass is 16.7. The number of likely N-dealkylation sites (tertiary alicyclic amines) is 1. The van der Waals surface area contributed by atoms with Crippen LogP contribution in [0.2, 0.25) is 0 Å². The first-order valence-corrected chi connectivity index (χ1v) is 13.3. The van der Waals surface area contributed by atoms with Crippen LogP contribution in [-0.2, 0) is 11.4 Å². The van der Waals surface area contributed by atoms with E-state index in [1.54, 1.807) is 0 Å². The molecule has 4 aromatic rings. The molecule has 1 amide bonds. The molecule has 2 aliphatic heterocycles. The maximum Gasteiger partial charge on any atom is 0.231 e. The van der Waals surface area contributed by atoms with Crippen LogP contribution < -0.4 is 19.5 Å². The van der Waals surface area contributed by atoms with Gasteiger partial charge in [-0.25, -0.2) is 4.98 Å². The summed E-state index contributed by atoms with van der Waals surface area (Å²) in [6.07, 6.45) is 6.59. The first-order chi connectivity index (χ1) is 18.7. The van der Waals surface area contributed by atoms with Crippen molar-refractivity contribution in [3.05, 3.63) is 89.9 Å². The van der Waals surface area contributed by atoms with Crippen molar-refractivity contribution >= 4 is 11.6 Å². The minimum Gasteiger partial charge on any atom is -0.485 e. The van der Waals surface area contributed by atoms with Gasteiger partial charge in [-0.1, -0.05) is 36.4 Å². The predicted molar refractivity (Wildman–Crippen MR) is 144 cm³/mol. The van der Waals surface area contributed by atoms with Gasteiger partial charge in [0.2, 0.25) is 12.7 Å². The maximum absolute atomic E-state index is 13.2. The second kappa shape index (κ2) is 11.1. The van der Waals surface area contributed by atoms with Crippen molar-refractivity contribution in [1.29, 1.82) is 0 Å². The molecule has 0 spiro atoms. The largest absolute Gasteiger partial charge is 0.485 e. The van der Waals surface area contributed by atoms with E-state index >= 15 is 0 Å². The number of nitrogens with one attached hydrogen (secondary N) is 1. The molecule has 2 aromatic carbocycles. The van der Waals surface area contributed by atoms with Gasteiger partial charge >= 0.3 is 0 Å². The molecule has 38 heavy (non-hydrogen) atoms. The van der Waals surface area contributed by atoms with Crippen LogP contribution >= 0.6 is 0 Å². The van der Waals surface area contributed by atoms with Crippen molar-refractivity contribution in [3.63, 3.8) is 0 Å². The second-order valence-corrected chi connectivity index (χ2v) is 9.79. The standard InChI is InChI=1S/C30H32N4O4/c35-29(31-12-16-33-13-4-5-14-33)18-24(23-10-11-26-28(17-23)38-21-37-26)25-19-32-30-27(9-6-15-34(25)30)36-20-22-7-2-1-3-8-22/h1-3,6-11,15,17,19,24H,4-5,12-14,16,18,20-21H2,(H,31,35). The fraction of sp³-hybridized carbons (Fsp3) is 0.333. The normalized spacial score (nSPS) is 15.6. The number of imidazole rings is 1. The molecule has 4 heterocycles. The van der Waals surface area contributed by atoms with Gasteiger partial charge in [-0.05, 0) is 61.3 Å². The minimum absolute atomic E-state index is 0.0123. The molecule has 8 heteroatoms. The molecule has 1 fully saturated rings. The van der Waals surface area contributed by atoms with Gasteiger partial charge in [-0.2, -0.15) is 0 Å². The number of fused-ring (bicyclic) bond motifs is 2. The van der Waals surface area contributed by atoms with Crippen LogP contribution in [-0.4, -0.2) is 53.2 Å². The monoisotopic (exact) mass is 512 g/mol. The third kappa shape index (κ3) is 5.31. The summed E-state index contributed by atoms with van der Waals surface area (Å²) in [7, 11) is 0. The highest BCUT2D eigenvalue weighted by molar-refractivity contribution is 5.77. The summed E-state index contributed by atoms with van der Waals surface area (Å²) < 4.78 is 19.3. The Kier molecular flexibility index (Phi) is 7.13. The Morgan fingerprint density at radius 3 is 2.74 bits per heavy atom. The van der Waals surface area contributed by atoms with Crippen molar-refractivity contribution in [3.8, 4) is 17.2 Å². The summed E-state index contributed by atoms with van der Waals surface area (Å²) in [4.78, 5) is 20.3. The van der Waals surface area contributed by atoms with E-state index in [-0.39, 0.29) is 18.6 Å². The summed E-state index contributed by atoms with van der Waals surface area (Å²) >= 11 is 0. The number of nitrogens with zero attached hydrogens (tertiary/aromatic N) is 3. The van der Waals surface area contributed by atoms with Crippen LogP contribution in [0.5, 0.6) is 17.2 Å². The highest BCUT2D eigenvalue weighted by Gasteiger charge is 2.25. The number of hydrogen-bond acceptors (Lipinski definition) is 6. The van der Waals surface area contributed by atoms with Gasteiger partial charge < -0.3 is 28.8 Å². The molecule has 0 radical (unpaired) electrons. The number of hydrogen-bond donors (Lipinski definition) is 1. The van der Waals surface area contributed by atoms with Gasteiger partial charge in [0.25, 0.3) is 0 Å². The molecule has 0 aliphatic carbocycles. The molecule has 1 atom stereocenters. The summed E-state index contributed by atoms with van der Waals surface area (Å²) in [6.45, 7) is 4.43. The Balaban J connectivity index is 1.25. The zero-order chi connectivity index (χ0) is 25.7. The lowest BCUT2D eigenvalue weighted by Gasteiger charge is -2.19. The fourth-order valence-electron chi connectivity index (χ4n) is 5.25. The van der Waals surface area contributed by atoms with Gasteiger partial charge in [0.1, 0.15) is 6.61 Å². The van der Waals surface area contributed by atoms with E-state index in [0.717, 1.165) is 47.9 Å². The van der Waals surface area contributed by atoms with Gasteiger partial charge in [-0.3, -0.25) is 4.79 Å². The molecule has 0 bridgehead atoms. The van der Waals surface area contributed by atoms with Crippen molar-refractivity contribution in [1.82, 2.24) is 19.6 Å². The molecule has 0 saturated carbocycles. The number of carbonyl (C=O) groups is 1. The number of aromatic nitrogens is 2. The number of pyridine rings is 1. The molecular weight excluding hydrogens is 480 g/mol. The Morgan fingerprint density at radius 1 is 1.03 bits per heavy atom. The van der Waals surface area contributed by atoms with Gasteiger partial charge in [0.05, 0.1) is 5.69 Å². The molecule has 6 rings (SSSR count).